The van der Waals surface area contributed by atoms with E-state index in [-0.39, 0.29) is 24.2 Å². The molecule has 0 bridgehead atoms. The van der Waals surface area contributed by atoms with E-state index in [0.29, 0.717) is 16.8 Å². The van der Waals surface area contributed by atoms with E-state index in [1.807, 2.05) is 57.2 Å². The molecule has 1 atom stereocenters. The lowest BCUT2D eigenvalue weighted by Gasteiger charge is -2.33. The van der Waals surface area contributed by atoms with Gasteiger partial charge in [-0.1, -0.05) is 42.5 Å². The Bertz CT molecular complexity index is 1310. The maximum atomic E-state index is 14.0. The zero-order valence-electron chi connectivity index (χ0n) is 20.5. The molecule has 6 nitrogen and oxygen atoms in total. The van der Waals surface area contributed by atoms with E-state index in [1.54, 1.807) is 42.7 Å². The molecule has 4 rings (SSSR count). The molecule has 0 spiro atoms. The van der Waals surface area contributed by atoms with Crippen LogP contribution in [0.25, 0.3) is 11.3 Å². The van der Waals surface area contributed by atoms with Crippen molar-refractivity contribution in [2.75, 3.05) is 0 Å². The lowest BCUT2D eigenvalue weighted by atomic mass is 10.0. The first-order chi connectivity index (χ1) is 17.2. The molecule has 36 heavy (non-hydrogen) atoms. The van der Waals surface area contributed by atoms with Crippen molar-refractivity contribution in [3.8, 4) is 11.3 Å². The maximum absolute atomic E-state index is 14.0. The van der Waals surface area contributed by atoms with Gasteiger partial charge in [-0.25, -0.2) is 4.39 Å². The molecule has 2 heterocycles. The largest absolute Gasteiger partial charge is 0.351 e. The second-order valence-corrected chi connectivity index (χ2v) is 9.63. The normalized spacial score (nSPS) is 12.1. The first-order valence-corrected chi connectivity index (χ1v) is 11.7. The quantitative estimate of drug-likeness (QED) is 0.363. The molecule has 0 aliphatic rings. The first-order valence-electron chi connectivity index (χ1n) is 11.7. The predicted octanol–water partition coefficient (Wildman–Crippen LogP) is 5.51. The van der Waals surface area contributed by atoms with E-state index < -0.39 is 11.6 Å². The number of aromatic amines is 1. The summed E-state index contributed by atoms with van der Waals surface area (Å²) in [4.78, 5) is 36.4. The summed E-state index contributed by atoms with van der Waals surface area (Å²) < 4.78 is 13.6. The highest BCUT2D eigenvalue weighted by Gasteiger charge is 2.34. The number of amides is 2. The van der Waals surface area contributed by atoms with Crippen LogP contribution in [0.1, 0.15) is 48.4 Å². The topological polar surface area (TPSA) is 78.1 Å². The van der Waals surface area contributed by atoms with Gasteiger partial charge in [-0.3, -0.25) is 14.6 Å². The number of halogens is 1. The van der Waals surface area contributed by atoms with Crippen LogP contribution in [-0.2, 0) is 11.3 Å². The minimum atomic E-state index is -0.937. The van der Waals surface area contributed by atoms with Crippen LogP contribution >= 0.6 is 0 Å². The van der Waals surface area contributed by atoms with Gasteiger partial charge in [0.25, 0.3) is 5.91 Å². The molecule has 2 aromatic carbocycles. The third-order valence-corrected chi connectivity index (χ3v) is 5.61. The van der Waals surface area contributed by atoms with Crippen molar-refractivity contribution in [3.05, 3.63) is 114 Å². The average molecular weight is 485 g/mol. The summed E-state index contributed by atoms with van der Waals surface area (Å²) in [5.74, 6) is -1.05. The minimum Gasteiger partial charge on any atom is -0.351 e. The smallest absolute Gasteiger partial charge is 0.271 e. The van der Waals surface area contributed by atoms with Crippen LogP contribution in [0.5, 0.6) is 0 Å². The van der Waals surface area contributed by atoms with Crippen molar-refractivity contribution in [3.63, 3.8) is 0 Å². The third kappa shape index (κ3) is 6.05. The summed E-state index contributed by atoms with van der Waals surface area (Å²) in [6.45, 7) is 5.76. The Balaban J connectivity index is 1.77. The summed E-state index contributed by atoms with van der Waals surface area (Å²) in [5, 5.41) is 3.01. The number of carbonyl (C=O) groups is 2. The second kappa shape index (κ2) is 10.6. The second-order valence-electron chi connectivity index (χ2n) is 9.63. The SMILES string of the molecule is CC(C)(C)NC(=O)[C@H](c1ccncc1)N(Cc1ccc(F)cc1)C(=O)c1ccc(-c2ccccc2)[nH]1. The number of hydrogen-bond acceptors (Lipinski definition) is 3. The Kier molecular flexibility index (Phi) is 7.29. The molecule has 0 aliphatic heterocycles. The van der Waals surface area contributed by atoms with Crippen LogP contribution in [0.2, 0.25) is 0 Å². The van der Waals surface area contributed by atoms with Gasteiger partial charge in [0.2, 0.25) is 5.91 Å². The molecule has 4 aromatic rings. The summed E-state index contributed by atoms with van der Waals surface area (Å²) in [7, 11) is 0. The minimum absolute atomic E-state index is 0.101. The summed E-state index contributed by atoms with van der Waals surface area (Å²) >= 11 is 0. The highest BCUT2D eigenvalue weighted by molar-refractivity contribution is 5.97. The number of benzene rings is 2. The van der Waals surface area contributed by atoms with E-state index in [0.717, 1.165) is 11.3 Å². The fourth-order valence-electron chi connectivity index (χ4n) is 3.98. The third-order valence-electron chi connectivity index (χ3n) is 5.61. The maximum Gasteiger partial charge on any atom is 0.271 e. The van der Waals surface area contributed by atoms with Crippen molar-refractivity contribution in [1.29, 1.82) is 0 Å². The summed E-state index contributed by atoms with van der Waals surface area (Å²) in [5.41, 5.74) is 2.88. The Morgan fingerprint density at radius 3 is 2.25 bits per heavy atom. The van der Waals surface area contributed by atoms with Crippen molar-refractivity contribution >= 4 is 11.8 Å². The zero-order valence-corrected chi connectivity index (χ0v) is 20.5. The van der Waals surface area contributed by atoms with Gasteiger partial charge in [-0.2, -0.15) is 0 Å². The number of hydrogen-bond donors (Lipinski definition) is 2. The molecule has 0 saturated carbocycles. The molecule has 2 amide bonds. The molecular weight excluding hydrogens is 455 g/mol. The van der Waals surface area contributed by atoms with Crippen LogP contribution < -0.4 is 5.32 Å². The van der Waals surface area contributed by atoms with Gasteiger partial charge in [-0.05, 0) is 73.9 Å². The van der Waals surface area contributed by atoms with E-state index in [2.05, 4.69) is 15.3 Å². The average Bonchev–Trinajstić information content (AvgIpc) is 3.35. The number of aromatic nitrogens is 2. The van der Waals surface area contributed by atoms with Crippen molar-refractivity contribution < 1.29 is 14.0 Å². The fourth-order valence-corrected chi connectivity index (χ4v) is 3.98. The highest BCUT2D eigenvalue weighted by Crippen LogP contribution is 2.27. The van der Waals surface area contributed by atoms with Crippen LogP contribution in [0.15, 0.2) is 91.3 Å². The van der Waals surface area contributed by atoms with Crippen molar-refractivity contribution in [2.45, 2.75) is 38.9 Å². The Labute approximate surface area is 210 Å². The van der Waals surface area contributed by atoms with Crippen molar-refractivity contribution in [2.24, 2.45) is 0 Å². The number of pyridine rings is 1. The van der Waals surface area contributed by atoms with Crippen LogP contribution in [0.4, 0.5) is 4.39 Å². The van der Waals surface area contributed by atoms with E-state index >= 15 is 0 Å². The Morgan fingerprint density at radius 1 is 0.944 bits per heavy atom. The number of rotatable bonds is 7. The van der Waals surface area contributed by atoms with E-state index in [1.165, 1.54) is 17.0 Å². The Hall–Kier alpha value is -4.26. The number of H-pyrrole nitrogens is 1. The molecular formula is C29H29FN4O2. The van der Waals surface area contributed by atoms with Gasteiger partial charge in [0.15, 0.2) is 0 Å². The van der Waals surface area contributed by atoms with Gasteiger partial charge >= 0.3 is 0 Å². The van der Waals surface area contributed by atoms with Crippen molar-refractivity contribution in [1.82, 2.24) is 20.2 Å². The summed E-state index contributed by atoms with van der Waals surface area (Å²) in [6.07, 6.45) is 3.19. The molecule has 0 fully saturated rings. The fraction of sp³-hybridized carbons (Fsp3) is 0.207. The molecule has 0 radical (unpaired) electrons. The van der Waals surface area contributed by atoms with Gasteiger partial charge < -0.3 is 15.2 Å². The molecule has 0 saturated heterocycles. The van der Waals surface area contributed by atoms with Crippen LogP contribution in [-0.4, -0.2) is 32.2 Å². The lowest BCUT2D eigenvalue weighted by molar-refractivity contribution is -0.127. The van der Waals surface area contributed by atoms with Crippen LogP contribution in [0.3, 0.4) is 0 Å². The van der Waals surface area contributed by atoms with Gasteiger partial charge in [0.1, 0.15) is 17.6 Å². The van der Waals surface area contributed by atoms with E-state index in [9.17, 15) is 14.0 Å². The molecule has 7 heteroatoms. The number of nitrogens with zero attached hydrogens (tertiary/aromatic N) is 2. The lowest BCUT2D eigenvalue weighted by Crippen LogP contribution is -2.49. The standard InChI is InChI=1S/C29H29FN4O2/c1-29(2,3)33-27(35)26(22-15-17-31-18-16-22)34(19-20-9-11-23(30)12-10-20)28(36)25-14-13-24(32-25)21-7-5-4-6-8-21/h4-18,26,32H,19H2,1-3H3,(H,33,35)/t26-/m0/s1. The highest BCUT2D eigenvalue weighted by atomic mass is 19.1. The molecule has 2 aromatic heterocycles. The molecule has 0 unspecified atom stereocenters. The summed E-state index contributed by atoms with van der Waals surface area (Å²) in [6, 6.07) is 21.7. The molecule has 0 aliphatic carbocycles. The number of nitrogens with one attached hydrogen (secondary N) is 2. The molecule has 184 valence electrons. The number of carbonyl (C=O) groups excluding carboxylic acids is 2. The Morgan fingerprint density at radius 2 is 1.61 bits per heavy atom. The van der Waals surface area contributed by atoms with Gasteiger partial charge in [-0.15, -0.1) is 0 Å². The molecule has 2 N–H and O–H groups in total. The zero-order chi connectivity index (χ0) is 25.7. The van der Waals surface area contributed by atoms with E-state index in [4.69, 9.17) is 0 Å². The predicted molar refractivity (Wildman–Crippen MR) is 137 cm³/mol. The van der Waals surface area contributed by atoms with Crippen LogP contribution in [0, 0.1) is 5.82 Å². The monoisotopic (exact) mass is 484 g/mol. The first kappa shape index (κ1) is 24.9. The van der Waals surface area contributed by atoms with Gasteiger partial charge in [0, 0.05) is 30.2 Å². The van der Waals surface area contributed by atoms with Gasteiger partial charge in [0.05, 0.1) is 0 Å².